The Morgan fingerprint density at radius 2 is 1.76 bits per heavy atom. The molecule has 0 radical (unpaired) electrons. The van der Waals surface area contributed by atoms with E-state index in [4.69, 9.17) is 21.1 Å². The summed E-state index contributed by atoms with van der Waals surface area (Å²) in [6.07, 6.45) is 2.20. The first-order valence-electron chi connectivity index (χ1n) is 12.2. The Morgan fingerprint density at radius 3 is 2.57 bits per heavy atom. The average molecular weight is 510 g/mol. The number of Topliss-reactive ketones (excluding diaryl/α,β-unsaturated/α-hetero) is 1. The van der Waals surface area contributed by atoms with E-state index in [0.29, 0.717) is 28.5 Å². The maximum atomic E-state index is 13.3. The van der Waals surface area contributed by atoms with E-state index in [0.717, 1.165) is 51.7 Å². The molecule has 1 unspecified atom stereocenters. The van der Waals surface area contributed by atoms with Crippen LogP contribution in [0.3, 0.4) is 0 Å². The second kappa shape index (κ2) is 9.41. The van der Waals surface area contributed by atoms with Crippen molar-refractivity contribution in [1.29, 1.82) is 0 Å². The van der Waals surface area contributed by atoms with Crippen LogP contribution in [0.1, 0.15) is 46.7 Å². The molecular weight excluding hydrogens is 486 g/mol. The quantitative estimate of drug-likeness (QED) is 0.231. The van der Waals surface area contributed by atoms with Gasteiger partial charge in [0.1, 0.15) is 0 Å². The van der Waals surface area contributed by atoms with Crippen LogP contribution in [-0.2, 0) is 4.79 Å². The Bertz CT molecular complexity index is 1590. The summed E-state index contributed by atoms with van der Waals surface area (Å²) >= 11 is 5.94. The second-order valence-corrected chi connectivity index (χ2v) is 9.72. The lowest BCUT2D eigenvalue weighted by Gasteiger charge is -2.35. The molecule has 4 aromatic carbocycles. The third-order valence-electron chi connectivity index (χ3n) is 7.09. The highest BCUT2D eigenvalue weighted by Crippen LogP contribution is 2.49. The molecule has 184 valence electrons. The van der Waals surface area contributed by atoms with Crippen molar-refractivity contribution in [2.45, 2.75) is 25.2 Å². The second-order valence-electron chi connectivity index (χ2n) is 9.28. The van der Waals surface area contributed by atoms with Gasteiger partial charge in [-0.15, -0.1) is 0 Å². The van der Waals surface area contributed by atoms with Gasteiger partial charge in [-0.3, -0.25) is 4.79 Å². The number of hydrogen-bond acceptors (Lipinski definition) is 5. The smallest absolute Gasteiger partial charge is 0.343 e. The van der Waals surface area contributed by atoms with Crippen LogP contribution >= 0.6 is 11.6 Å². The van der Waals surface area contributed by atoms with Gasteiger partial charge in [0.05, 0.1) is 12.7 Å². The summed E-state index contributed by atoms with van der Waals surface area (Å²) in [4.78, 5) is 26.0. The lowest BCUT2D eigenvalue weighted by atomic mass is 9.74. The molecule has 0 fully saturated rings. The van der Waals surface area contributed by atoms with Gasteiger partial charge in [0.2, 0.25) is 0 Å². The van der Waals surface area contributed by atoms with Gasteiger partial charge in [-0.2, -0.15) is 0 Å². The third kappa shape index (κ3) is 4.15. The Hall–Kier alpha value is -4.09. The molecule has 0 spiro atoms. The molecule has 0 bridgehead atoms. The van der Waals surface area contributed by atoms with Crippen LogP contribution in [0.15, 0.2) is 90.1 Å². The van der Waals surface area contributed by atoms with Gasteiger partial charge in [0.15, 0.2) is 17.3 Å². The van der Waals surface area contributed by atoms with Gasteiger partial charge in [-0.25, -0.2) is 4.79 Å². The van der Waals surface area contributed by atoms with Crippen LogP contribution in [0.25, 0.3) is 10.8 Å². The van der Waals surface area contributed by atoms with Crippen LogP contribution in [0.4, 0.5) is 5.69 Å². The third-order valence-corrected chi connectivity index (χ3v) is 7.35. The van der Waals surface area contributed by atoms with Crippen LogP contribution in [0.2, 0.25) is 5.02 Å². The van der Waals surface area contributed by atoms with Gasteiger partial charge in [0.25, 0.3) is 0 Å². The van der Waals surface area contributed by atoms with Crippen molar-refractivity contribution in [3.63, 3.8) is 0 Å². The molecule has 6 rings (SSSR count). The number of esters is 1. The number of carbonyl (C=O) groups excluding carboxylic acids is 2. The zero-order valence-corrected chi connectivity index (χ0v) is 21.0. The zero-order valence-electron chi connectivity index (χ0n) is 20.2. The summed E-state index contributed by atoms with van der Waals surface area (Å²) in [6, 6.07) is 24.5. The number of ketones is 1. The fourth-order valence-corrected chi connectivity index (χ4v) is 5.50. The molecule has 4 aromatic rings. The normalized spacial score (nSPS) is 16.6. The van der Waals surface area contributed by atoms with E-state index < -0.39 is 5.97 Å². The number of halogens is 1. The SMILES string of the molecule is COc1cc(C2C3=C(CCCC3=O)Nc3ccc4ccccc4c32)ccc1OC(=O)c1ccc(Cl)cc1. The maximum Gasteiger partial charge on any atom is 0.343 e. The summed E-state index contributed by atoms with van der Waals surface area (Å²) in [5.74, 6) is 0.121. The van der Waals surface area contributed by atoms with E-state index in [1.807, 2.05) is 24.3 Å². The first-order chi connectivity index (χ1) is 18.0. The van der Waals surface area contributed by atoms with Gasteiger partial charge < -0.3 is 14.8 Å². The van der Waals surface area contributed by atoms with Crippen molar-refractivity contribution in [3.8, 4) is 11.5 Å². The summed E-state index contributed by atoms with van der Waals surface area (Å²) < 4.78 is 11.3. The van der Waals surface area contributed by atoms with E-state index in [9.17, 15) is 9.59 Å². The highest BCUT2D eigenvalue weighted by atomic mass is 35.5. The van der Waals surface area contributed by atoms with Gasteiger partial charge in [-0.05, 0) is 77.2 Å². The number of nitrogens with one attached hydrogen (secondary N) is 1. The van der Waals surface area contributed by atoms with Gasteiger partial charge in [0, 0.05) is 34.3 Å². The zero-order chi connectivity index (χ0) is 25.5. The summed E-state index contributed by atoms with van der Waals surface area (Å²) in [7, 11) is 1.54. The molecule has 6 heteroatoms. The molecule has 0 saturated carbocycles. The first kappa shape index (κ1) is 23.3. The van der Waals surface area contributed by atoms with Crippen molar-refractivity contribution in [2.75, 3.05) is 12.4 Å². The van der Waals surface area contributed by atoms with Gasteiger partial charge >= 0.3 is 5.97 Å². The van der Waals surface area contributed by atoms with Crippen LogP contribution in [0.5, 0.6) is 11.5 Å². The lowest BCUT2D eigenvalue weighted by molar-refractivity contribution is -0.116. The van der Waals surface area contributed by atoms with E-state index in [2.05, 4.69) is 29.6 Å². The summed E-state index contributed by atoms with van der Waals surface area (Å²) in [5.41, 5.74) is 5.17. The molecular formula is C31H24ClNO4. The first-order valence-corrected chi connectivity index (χ1v) is 12.6. The number of benzene rings is 4. The van der Waals surface area contributed by atoms with E-state index in [1.165, 1.54) is 0 Å². The number of fused-ring (bicyclic) bond motifs is 3. The Balaban J connectivity index is 1.46. The molecule has 1 atom stereocenters. The Kier molecular flexibility index (Phi) is 5.93. The van der Waals surface area contributed by atoms with Gasteiger partial charge in [-0.1, -0.05) is 48.0 Å². The van der Waals surface area contributed by atoms with Crippen molar-refractivity contribution in [1.82, 2.24) is 0 Å². The molecule has 1 aliphatic carbocycles. The van der Waals surface area contributed by atoms with E-state index in [1.54, 1.807) is 37.4 Å². The minimum atomic E-state index is -0.506. The predicted octanol–water partition coefficient (Wildman–Crippen LogP) is 7.29. The molecule has 0 aromatic heterocycles. The molecule has 0 amide bonds. The molecule has 1 heterocycles. The Labute approximate surface area is 219 Å². The lowest BCUT2D eigenvalue weighted by Crippen LogP contribution is -2.27. The van der Waals surface area contributed by atoms with Crippen molar-refractivity contribution >= 4 is 39.8 Å². The van der Waals surface area contributed by atoms with E-state index in [-0.39, 0.29) is 11.7 Å². The molecule has 5 nitrogen and oxygen atoms in total. The monoisotopic (exact) mass is 509 g/mol. The minimum Gasteiger partial charge on any atom is -0.493 e. The topological polar surface area (TPSA) is 64.6 Å². The number of allylic oxidation sites excluding steroid dienone is 2. The highest BCUT2D eigenvalue weighted by Gasteiger charge is 2.36. The van der Waals surface area contributed by atoms with Crippen LogP contribution in [-0.4, -0.2) is 18.9 Å². The van der Waals surface area contributed by atoms with Crippen molar-refractivity contribution < 1.29 is 19.1 Å². The van der Waals surface area contributed by atoms with Crippen molar-refractivity contribution in [3.05, 3.63) is 112 Å². The van der Waals surface area contributed by atoms with Crippen molar-refractivity contribution in [2.24, 2.45) is 0 Å². The number of anilines is 1. The average Bonchev–Trinajstić information content (AvgIpc) is 2.92. The van der Waals surface area contributed by atoms with Crippen LogP contribution in [0, 0.1) is 0 Å². The highest BCUT2D eigenvalue weighted by molar-refractivity contribution is 6.30. The molecule has 1 aliphatic heterocycles. The summed E-state index contributed by atoms with van der Waals surface area (Å²) in [5, 5.41) is 6.31. The minimum absolute atomic E-state index is 0.162. The summed E-state index contributed by atoms with van der Waals surface area (Å²) in [6.45, 7) is 0. The number of carbonyl (C=O) groups is 2. The molecule has 1 N–H and O–H groups in total. The largest absolute Gasteiger partial charge is 0.493 e. The number of ether oxygens (including phenoxy) is 2. The fraction of sp³-hybridized carbons (Fsp3) is 0.161. The predicted molar refractivity (Wildman–Crippen MR) is 145 cm³/mol. The van der Waals surface area contributed by atoms with Crippen LogP contribution < -0.4 is 14.8 Å². The molecule has 2 aliphatic rings. The number of methoxy groups -OCH3 is 1. The van der Waals surface area contributed by atoms with E-state index >= 15 is 0 Å². The number of hydrogen-bond donors (Lipinski definition) is 1. The standard InChI is InChI=1S/C31H24ClNO4/c1-36-27-17-20(12-16-26(27)37-31(35)19-9-13-21(32)14-10-19)28-29-22-6-3-2-5-18(22)11-15-24(29)33-23-7-4-8-25(34)30(23)28/h2-3,5-6,9-17,28,33H,4,7-8H2,1H3. The Morgan fingerprint density at radius 1 is 0.946 bits per heavy atom. The molecule has 0 saturated heterocycles. The fourth-order valence-electron chi connectivity index (χ4n) is 5.38. The number of rotatable bonds is 4. The molecule has 37 heavy (non-hydrogen) atoms. The maximum absolute atomic E-state index is 13.3.